The van der Waals surface area contributed by atoms with Crippen molar-refractivity contribution in [1.82, 2.24) is 14.9 Å². The fourth-order valence-electron chi connectivity index (χ4n) is 2.71. The van der Waals surface area contributed by atoms with E-state index in [0.717, 1.165) is 43.9 Å². The molecule has 110 valence electrons. The van der Waals surface area contributed by atoms with Gasteiger partial charge in [0.05, 0.1) is 0 Å². The Morgan fingerprint density at radius 1 is 1.10 bits per heavy atom. The van der Waals surface area contributed by atoms with Crippen molar-refractivity contribution < 1.29 is 0 Å². The van der Waals surface area contributed by atoms with Crippen LogP contribution in [0.1, 0.15) is 39.4 Å². The predicted molar refractivity (Wildman–Crippen MR) is 82.0 cm³/mol. The minimum atomic E-state index is -0.0695. The van der Waals surface area contributed by atoms with Crippen LogP contribution in [0.2, 0.25) is 0 Å². The van der Waals surface area contributed by atoms with Gasteiger partial charge in [0.15, 0.2) is 0 Å². The molecule has 1 saturated carbocycles. The van der Waals surface area contributed by atoms with Gasteiger partial charge >= 0.3 is 0 Å². The molecule has 3 rings (SSSR count). The van der Waals surface area contributed by atoms with Crippen LogP contribution < -0.4 is 10.6 Å². The minimum absolute atomic E-state index is 0.0695. The van der Waals surface area contributed by atoms with Crippen molar-refractivity contribution in [2.75, 3.05) is 36.8 Å². The summed E-state index contributed by atoms with van der Waals surface area (Å²) in [6.07, 6.45) is 2.77. The Labute approximate surface area is 121 Å². The molecule has 5 heteroatoms. The summed E-state index contributed by atoms with van der Waals surface area (Å²) in [5, 5.41) is 0. The Hall–Kier alpha value is -1.36. The quantitative estimate of drug-likeness (QED) is 0.889. The smallest absolute Gasteiger partial charge is 0.138 e. The Morgan fingerprint density at radius 2 is 1.75 bits per heavy atom. The molecular weight excluding hydrogens is 250 g/mol. The van der Waals surface area contributed by atoms with E-state index in [4.69, 9.17) is 10.7 Å². The minimum Gasteiger partial charge on any atom is -0.384 e. The van der Waals surface area contributed by atoms with Crippen molar-refractivity contribution in [1.29, 1.82) is 0 Å². The molecule has 0 aromatic carbocycles. The van der Waals surface area contributed by atoms with Gasteiger partial charge in [0.25, 0.3) is 0 Å². The van der Waals surface area contributed by atoms with E-state index in [1.54, 1.807) is 0 Å². The molecule has 2 fully saturated rings. The average molecular weight is 275 g/mol. The monoisotopic (exact) mass is 275 g/mol. The third-order valence-electron chi connectivity index (χ3n) is 4.10. The molecule has 0 unspecified atom stereocenters. The molecule has 1 aliphatic heterocycles. The second-order valence-electron chi connectivity index (χ2n) is 6.98. The maximum Gasteiger partial charge on any atom is 0.138 e. The maximum absolute atomic E-state index is 5.96. The molecule has 0 atom stereocenters. The van der Waals surface area contributed by atoms with Gasteiger partial charge in [-0.15, -0.1) is 0 Å². The van der Waals surface area contributed by atoms with Gasteiger partial charge in [0, 0.05) is 43.7 Å². The molecular formula is C15H25N5. The topological polar surface area (TPSA) is 58.3 Å². The number of piperazine rings is 1. The van der Waals surface area contributed by atoms with Gasteiger partial charge in [0.1, 0.15) is 17.5 Å². The Bertz CT molecular complexity index is 482. The highest BCUT2D eigenvalue weighted by atomic mass is 15.3. The largest absolute Gasteiger partial charge is 0.384 e. The van der Waals surface area contributed by atoms with Crippen molar-refractivity contribution in [2.45, 2.75) is 45.1 Å². The fraction of sp³-hybridized carbons (Fsp3) is 0.733. The zero-order valence-electron chi connectivity index (χ0n) is 12.8. The first kappa shape index (κ1) is 13.6. The van der Waals surface area contributed by atoms with Crippen LogP contribution in [0.25, 0.3) is 0 Å². The van der Waals surface area contributed by atoms with Crippen LogP contribution in [0.5, 0.6) is 0 Å². The third-order valence-corrected chi connectivity index (χ3v) is 4.10. The highest BCUT2D eigenvalue weighted by Crippen LogP contribution is 2.29. The molecule has 0 bridgehead atoms. The zero-order chi connectivity index (χ0) is 14.3. The summed E-state index contributed by atoms with van der Waals surface area (Å²) in [7, 11) is 0. The molecule has 2 aliphatic rings. The van der Waals surface area contributed by atoms with Gasteiger partial charge in [-0.25, -0.2) is 9.97 Å². The number of nitrogens with zero attached hydrogens (tertiary/aromatic N) is 4. The predicted octanol–water partition coefficient (Wildman–Crippen LogP) is 1.64. The Kier molecular flexibility index (Phi) is 3.32. The van der Waals surface area contributed by atoms with Crippen molar-refractivity contribution in [3.63, 3.8) is 0 Å². The highest BCUT2D eigenvalue weighted by molar-refractivity contribution is 5.48. The molecule has 5 nitrogen and oxygen atoms in total. The van der Waals surface area contributed by atoms with Gasteiger partial charge in [0.2, 0.25) is 0 Å². The van der Waals surface area contributed by atoms with E-state index in [0.29, 0.717) is 5.82 Å². The van der Waals surface area contributed by atoms with E-state index in [1.807, 2.05) is 6.07 Å². The van der Waals surface area contributed by atoms with E-state index < -0.39 is 0 Å². The molecule has 0 spiro atoms. The summed E-state index contributed by atoms with van der Waals surface area (Å²) < 4.78 is 0. The average Bonchev–Trinajstić information content (AvgIpc) is 3.21. The third kappa shape index (κ3) is 2.87. The van der Waals surface area contributed by atoms with Gasteiger partial charge < -0.3 is 10.6 Å². The van der Waals surface area contributed by atoms with E-state index in [2.05, 4.69) is 35.6 Å². The van der Waals surface area contributed by atoms with Gasteiger partial charge in [-0.3, -0.25) is 4.90 Å². The van der Waals surface area contributed by atoms with E-state index in [-0.39, 0.29) is 5.41 Å². The summed E-state index contributed by atoms with van der Waals surface area (Å²) in [6.45, 7) is 10.7. The van der Waals surface area contributed by atoms with Gasteiger partial charge in [-0.1, -0.05) is 20.8 Å². The molecule has 20 heavy (non-hydrogen) atoms. The number of nitrogens with two attached hydrogens (primary N) is 1. The van der Waals surface area contributed by atoms with Crippen LogP contribution in [0.4, 0.5) is 11.6 Å². The normalized spacial score (nSPS) is 21.2. The molecule has 2 N–H and O–H groups in total. The molecule has 1 aromatic rings. The lowest BCUT2D eigenvalue weighted by molar-refractivity contribution is 0.247. The molecule has 0 radical (unpaired) electrons. The van der Waals surface area contributed by atoms with Crippen LogP contribution in [0, 0.1) is 0 Å². The van der Waals surface area contributed by atoms with Crippen LogP contribution in [-0.2, 0) is 5.41 Å². The summed E-state index contributed by atoms with van der Waals surface area (Å²) >= 11 is 0. The zero-order valence-corrected chi connectivity index (χ0v) is 12.8. The summed E-state index contributed by atoms with van der Waals surface area (Å²) in [5.41, 5.74) is 5.89. The lowest BCUT2D eigenvalue weighted by atomic mass is 9.96. The van der Waals surface area contributed by atoms with Crippen LogP contribution >= 0.6 is 0 Å². The van der Waals surface area contributed by atoms with Crippen LogP contribution in [-0.4, -0.2) is 47.1 Å². The molecule has 2 heterocycles. The highest BCUT2D eigenvalue weighted by Gasteiger charge is 2.31. The van der Waals surface area contributed by atoms with Crippen molar-refractivity contribution in [2.24, 2.45) is 0 Å². The van der Waals surface area contributed by atoms with E-state index >= 15 is 0 Å². The molecule has 1 aliphatic carbocycles. The SMILES string of the molecule is CC(C)(C)c1nc(N)cc(N2CCN(C3CC3)CC2)n1. The Morgan fingerprint density at radius 3 is 2.30 bits per heavy atom. The molecule has 1 aromatic heterocycles. The summed E-state index contributed by atoms with van der Waals surface area (Å²) in [4.78, 5) is 14.1. The van der Waals surface area contributed by atoms with Crippen molar-refractivity contribution in [3.05, 3.63) is 11.9 Å². The lowest BCUT2D eigenvalue weighted by Gasteiger charge is -2.36. The number of nitrogen functional groups attached to an aromatic ring is 1. The number of hydrogen-bond donors (Lipinski definition) is 1. The van der Waals surface area contributed by atoms with Crippen LogP contribution in [0.15, 0.2) is 6.07 Å². The van der Waals surface area contributed by atoms with Gasteiger partial charge in [-0.05, 0) is 12.8 Å². The first-order valence-electron chi connectivity index (χ1n) is 7.57. The molecule has 1 saturated heterocycles. The van der Waals surface area contributed by atoms with Crippen molar-refractivity contribution in [3.8, 4) is 0 Å². The fourth-order valence-corrected chi connectivity index (χ4v) is 2.71. The van der Waals surface area contributed by atoms with Crippen molar-refractivity contribution >= 4 is 11.6 Å². The van der Waals surface area contributed by atoms with Gasteiger partial charge in [-0.2, -0.15) is 0 Å². The Balaban J connectivity index is 1.75. The number of anilines is 2. The first-order chi connectivity index (χ1) is 9.43. The summed E-state index contributed by atoms with van der Waals surface area (Å²) in [6, 6.07) is 2.76. The number of aromatic nitrogens is 2. The van der Waals surface area contributed by atoms with E-state index in [1.165, 1.54) is 12.8 Å². The maximum atomic E-state index is 5.96. The second-order valence-corrected chi connectivity index (χ2v) is 6.98. The summed E-state index contributed by atoms with van der Waals surface area (Å²) in [5.74, 6) is 2.39. The molecule has 0 amide bonds. The van der Waals surface area contributed by atoms with E-state index in [9.17, 15) is 0 Å². The first-order valence-corrected chi connectivity index (χ1v) is 7.57. The second kappa shape index (κ2) is 4.88. The standard InChI is InChI=1S/C15H25N5/c1-15(2,3)14-17-12(16)10-13(18-14)20-8-6-19(7-9-20)11-4-5-11/h10-11H,4-9H2,1-3H3,(H2,16,17,18). The number of hydrogen-bond acceptors (Lipinski definition) is 5. The van der Waals surface area contributed by atoms with Crippen LogP contribution in [0.3, 0.4) is 0 Å². The number of rotatable bonds is 2. The lowest BCUT2D eigenvalue weighted by Crippen LogP contribution is -2.47.